The number of fused-ring (bicyclic) bond motifs is 1. The number of hydrogen-bond donors (Lipinski definition) is 0. The van der Waals surface area contributed by atoms with Crippen molar-refractivity contribution in [3.8, 4) is 0 Å². The van der Waals surface area contributed by atoms with Crippen molar-refractivity contribution < 1.29 is 9.31 Å². The summed E-state index contributed by atoms with van der Waals surface area (Å²) >= 11 is 0. The van der Waals surface area contributed by atoms with E-state index in [1.54, 1.807) is 0 Å². The Hall–Kier alpha value is -1.25. The fourth-order valence-corrected chi connectivity index (χ4v) is 2.41. The van der Waals surface area contributed by atoms with Crippen LogP contribution in [0.1, 0.15) is 27.7 Å². The number of rotatable bonds is 1. The third kappa shape index (κ3) is 2.17. The first-order chi connectivity index (χ1) is 9.28. The Morgan fingerprint density at radius 2 is 1.40 bits per heavy atom. The average molecular weight is 264 g/mol. The van der Waals surface area contributed by atoms with Crippen LogP contribution in [0, 0.1) is 0 Å². The lowest BCUT2D eigenvalue weighted by atomic mass is 9.78. The van der Waals surface area contributed by atoms with E-state index in [9.17, 15) is 0 Å². The molecule has 0 amide bonds. The van der Waals surface area contributed by atoms with E-state index in [4.69, 9.17) is 17.2 Å². The van der Waals surface area contributed by atoms with Crippen molar-refractivity contribution in [2.24, 2.45) is 0 Å². The van der Waals surface area contributed by atoms with Gasteiger partial charge in [0.05, 0.1) is 11.2 Å². The summed E-state index contributed by atoms with van der Waals surface area (Å²) in [4.78, 5) is 0. The van der Waals surface area contributed by atoms with Gasteiger partial charge in [-0.3, -0.25) is 0 Å². The van der Waals surface area contributed by atoms with Crippen molar-refractivity contribution in [3.05, 3.63) is 36.4 Å². The predicted molar refractivity (Wildman–Crippen MR) is 85.1 cm³/mol. The van der Waals surface area contributed by atoms with Crippen LogP contribution in [-0.4, -0.2) is 26.2 Å². The fourth-order valence-electron chi connectivity index (χ4n) is 2.41. The highest BCUT2D eigenvalue weighted by Gasteiger charge is 2.51. The quantitative estimate of drug-likeness (QED) is 0.733. The normalized spacial score (nSPS) is 20.5. The van der Waals surface area contributed by atoms with E-state index < -0.39 is 0 Å². The van der Waals surface area contributed by atoms with Crippen LogP contribution in [0.25, 0.3) is 10.8 Å². The predicted octanol–water partition coefficient (Wildman–Crippen LogP) is 1.93. The lowest BCUT2D eigenvalue weighted by Gasteiger charge is -2.32. The van der Waals surface area contributed by atoms with Gasteiger partial charge in [-0.1, -0.05) is 41.9 Å². The number of hydrogen-bond acceptors (Lipinski definition) is 2. The Morgan fingerprint density at radius 3 is 2.05 bits per heavy atom. The van der Waals surface area contributed by atoms with Crippen molar-refractivity contribution in [1.82, 2.24) is 0 Å². The SMILES string of the molecule is [B]c1ccc2cc(B3OC(C)(C)C(C)(C)O3)ccc2c1. The molecule has 3 rings (SSSR count). The standard InChI is InChI=1S/C16H18B2O2/c1-15(2)16(3,4)20-18(19-15)14-8-6-11-9-13(17)7-5-12(11)10-14/h5-10H,1-4H3. The molecule has 0 saturated carbocycles. The summed E-state index contributed by atoms with van der Waals surface area (Å²) in [5, 5.41) is 2.27. The first-order valence-corrected chi connectivity index (χ1v) is 6.93. The molecule has 20 heavy (non-hydrogen) atoms. The zero-order valence-electron chi connectivity index (χ0n) is 12.4. The van der Waals surface area contributed by atoms with Crippen molar-refractivity contribution in [1.29, 1.82) is 0 Å². The largest absolute Gasteiger partial charge is 0.494 e. The molecular formula is C16H18B2O2. The first-order valence-electron chi connectivity index (χ1n) is 6.93. The molecule has 4 heteroatoms. The third-order valence-electron chi connectivity index (χ3n) is 4.41. The van der Waals surface area contributed by atoms with E-state index in [0.717, 1.165) is 21.7 Å². The molecule has 0 aromatic heterocycles. The van der Waals surface area contributed by atoms with Crippen LogP contribution in [-0.2, 0) is 9.31 Å². The molecule has 0 bridgehead atoms. The van der Waals surface area contributed by atoms with Gasteiger partial charge in [-0.25, -0.2) is 0 Å². The summed E-state index contributed by atoms with van der Waals surface area (Å²) in [7, 11) is 5.49. The first kappa shape index (κ1) is 13.7. The molecule has 1 saturated heterocycles. The van der Waals surface area contributed by atoms with Gasteiger partial charge < -0.3 is 9.31 Å². The van der Waals surface area contributed by atoms with Crippen LogP contribution in [0.3, 0.4) is 0 Å². The summed E-state index contributed by atoms with van der Waals surface area (Å²) in [5.41, 5.74) is 1.20. The second kappa shape index (κ2) is 4.37. The van der Waals surface area contributed by atoms with E-state index in [1.165, 1.54) is 0 Å². The minimum atomic E-state index is -0.318. The maximum Gasteiger partial charge on any atom is 0.494 e. The van der Waals surface area contributed by atoms with Crippen molar-refractivity contribution >= 4 is 36.7 Å². The Balaban J connectivity index is 1.98. The second-order valence-electron chi connectivity index (χ2n) is 6.45. The van der Waals surface area contributed by atoms with Gasteiger partial charge in [0.25, 0.3) is 0 Å². The smallest absolute Gasteiger partial charge is 0.399 e. The minimum Gasteiger partial charge on any atom is -0.399 e. The monoisotopic (exact) mass is 264 g/mol. The maximum absolute atomic E-state index is 6.08. The summed E-state index contributed by atoms with van der Waals surface area (Å²) in [5.74, 6) is 0. The molecule has 1 fully saturated rings. The van der Waals surface area contributed by atoms with E-state index in [1.807, 2.05) is 24.3 Å². The van der Waals surface area contributed by atoms with Crippen molar-refractivity contribution in [3.63, 3.8) is 0 Å². The molecule has 1 aliphatic rings. The van der Waals surface area contributed by atoms with Crippen LogP contribution in [0.5, 0.6) is 0 Å². The zero-order valence-corrected chi connectivity index (χ0v) is 12.4. The van der Waals surface area contributed by atoms with E-state index in [-0.39, 0.29) is 18.3 Å². The fraction of sp³-hybridized carbons (Fsp3) is 0.375. The highest BCUT2D eigenvalue weighted by Crippen LogP contribution is 2.36. The summed E-state index contributed by atoms with van der Waals surface area (Å²) in [6.07, 6.45) is 0. The van der Waals surface area contributed by atoms with Gasteiger partial charge >= 0.3 is 7.12 Å². The lowest BCUT2D eigenvalue weighted by molar-refractivity contribution is 0.00578. The van der Waals surface area contributed by atoms with Crippen LogP contribution in [0.15, 0.2) is 36.4 Å². The highest BCUT2D eigenvalue weighted by atomic mass is 16.7. The van der Waals surface area contributed by atoms with E-state index >= 15 is 0 Å². The molecule has 2 nitrogen and oxygen atoms in total. The lowest BCUT2D eigenvalue weighted by Crippen LogP contribution is -2.41. The van der Waals surface area contributed by atoms with Gasteiger partial charge in [-0.15, -0.1) is 0 Å². The Bertz CT molecular complexity index is 649. The third-order valence-corrected chi connectivity index (χ3v) is 4.41. The van der Waals surface area contributed by atoms with Gasteiger partial charge in [0.15, 0.2) is 0 Å². The van der Waals surface area contributed by atoms with Gasteiger partial charge in [0, 0.05) is 0 Å². The Morgan fingerprint density at radius 1 is 0.850 bits per heavy atom. The van der Waals surface area contributed by atoms with Gasteiger partial charge in [-0.05, 0) is 43.9 Å². The minimum absolute atomic E-state index is 0.312. The van der Waals surface area contributed by atoms with Crippen LogP contribution in [0.2, 0.25) is 0 Å². The summed E-state index contributed by atoms with van der Waals surface area (Å²) in [6, 6.07) is 12.1. The molecule has 1 aliphatic heterocycles. The van der Waals surface area contributed by atoms with Crippen LogP contribution < -0.4 is 10.9 Å². The average Bonchev–Trinajstić information content (AvgIpc) is 2.58. The molecule has 1 heterocycles. The highest BCUT2D eigenvalue weighted by molar-refractivity contribution is 6.62. The van der Waals surface area contributed by atoms with Crippen LogP contribution in [0.4, 0.5) is 0 Å². The van der Waals surface area contributed by atoms with Gasteiger partial charge in [0.2, 0.25) is 0 Å². The van der Waals surface area contributed by atoms with Gasteiger partial charge in [0.1, 0.15) is 7.85 Å². The molecule has 0 aliphatic carbocycles. The molecular weight excluding hydrogens is 246 g/mol. The topological polar surface area (TPSA) is 18.5 Å². The molecule has 2 aromatic carbocycles. The zero-order chi connectivity index (χ0) is 14.5. The van der Waals surface area contributed by atoms with Crippen molar-refractivity contribution in [2.75, 3.05) is 0 Å². The Labute approximate surface area is 122 Å². The maximum atomic E-state index is 6.08. The molecule has 0 spiro atoms. The molecule has 0 atom stereocenters. The molecule has 0 unspecified atom stereocenters. The van der Waals surface area contributed by atoms with Crippen LogP contribution >= 0.6 is 0 Å². The summed E-state index contributed by atoms with van der Waals surface area (Å²) in [6.45, 7) is 8.26. The van der Waals surface area contributed by atoms with Crippen molar-refractivity contribution in [2.45, 2.75) is 38.9 Å². The Kier molecular flexibility index (Phi) is 3.00. The molecule has 2 aromatic rings. The van der Waals surface area contributed by atoms with E-state index in [0.29, 0.717) is 0 Å². The second-order valence-corrected chi connectivity index (χ2v) is 6.45. The molecule has 0 N–H and O–H groups in total. The van der Waals surface area contributed by atoms with Gasteiger partial charge in [-0.2, -0.15) is 0 Å². The van der Waals surface area contributed by atoms with E-state index in [2.05, 4.69) is 39.8 Å². The molecule has 100 valence electrons. The molecule has 2 radical (unpaired) electrons. The number of benzene rings is 2. The summed E-state index contributed by atoms with van der Waals surface area (Å²) < 4.78 is 12.2.